The minimum Gasteiger partial charge on any atom is -0.480 e. The average Bonchev–Trinajstić information content (AvgIpc) is 2.42. The molecule has 0 radical (unpaired) electrons. The number of hydrogen-bond donors (Lipinski definition) is 3. The number of amides is 1. The third-order valence-corrected chi connectivity index (χ3v) is 2.96. The van der Waals surface area contributed by atoms with E-state index in [4.69, 9.17) is 27.2 Å². The van der Waals surface area contributed by atoms with Gasteiger partial charge in [0, 0.05) is 17.1 Å². The van der Waals surface area contributed by atoms with Crippen molar-refractivity contribution in [1.82, 2.24) is 5.32 Å². The van der Waals surface area contributed by atoms with Gasteiger partial charge in [0.2, 0.25) is 0 Å². The fourth-order valence-corrected chi connectivity index (χ4v) is 1.64. The van der Waals surface area contributed by atoms with E-state index >= 15 is 0 Å². The van der Waals surface area contributed by atoms with Gasteiger partial charge in [0.15, 0.2) is 0 Å². The topological polar surface area (TPSA) is 102 Å². The van der Waals surface area contributed by atoms with Crippen molar-refractivity contribution in [2.24, 2.45) is 5.73 Å². The molecule has 1 atom stereocenters. The molecule has 0 aliphatic carbocycles. The molecule has 0 heterocycles. The highest BCUT2D eigenvalue weighted by atomic mass is 35.5. The van der Waals surface area contributed by atoms with Crippen LogP contribution in [-0.2, 0) is 16.1 Å². The Balaban J connectivity index is 2.18. The Bertz CT molecular complexity index is 467. The number of rotatable bonds is 7. The van der Waals surface area contributed by atoms with E-state index < -0.39 is 18.1 Å². The molecular weight excluding hydrogens is 284 g/mol. The van der Waals surface area contributed by atoms with Crippen molar-refractivity contribution < 1.29 is 19.4 Å². The van der Waals surface area contributed by atoms with Crippen LogP contribution in [0.1, 0.15) is 18.4 Å². The summed E-state index contributed by atoms with van der Waals surface area (Å²) in [6, 6.07) is 6.16. The number of carbonyl (C=O) groups excluding carboxylic acids is 1. The molecule has 20 heavy (non-hydrogen) atoms. The second-order valence-electron chi connectivity index (χ2n) is 4.18. The minimum atomic E-state index is -1.05. The molecule has 0 fully saturated rings. The number of ether oxygens (including phenoxy) is 1. The Morgan fingerprint density at radius 1 is 1.40 bits per heavy atom. The van der Waals surface area contributed by atoms with Gasteiger partial charge in [-0.25, -0.2) is 4.79 Å². The Labute approximate surface area is 121 Å². The van der Waals surface area contributed by atoms with E-state index in [0.717, 1.165) is 5.56 Å². The maximum atomic E-state index is 11.4. The fourth-order valence-electron chi connectivity index (χ4n) is 1.45. The zero-order valence-corrected chi connectivity index (χ0v) is 11.6. The second-order valence-corrected chi connectivity index (χ2v) is 4.59. The first kappa shape index (κ1) is 16.3. The number of alkyl carbamates (subject to hydrolysis) is 1. The minimum absolute atomic E-state index is 0.0835. The maximum Gasteiger partial charge on any atom is 0.407 e. The number of aliphatic carboxylic acids is 1. The van der Waals surface area contributed by atoms with Gasteiger partial charge in [-0.05, 0) is 18.9 Å². The molecular formula is C13H17ClN2O4. The molecule has 110 valence electrons. The number of carboxylic acids is 1. The van der Waals surface area contributed by atoms with Crippen molar-refractivity contribution >= 4 is 23.7 Å². The lowest BCUT2D eigenvalue weighted by atomic mass is 10.2. The standard InChI is InChI=1S/C13H17ClN2O4/c14-10-5-2-1-4-9(10)8-20-13(19)16-7-3-6-11(15)12(17)18/h1-2,4-5,11H,3,6-8,15H2,(H,16,19)(H,17,18)/t11-/m1/s1. The first-order valence-corrected chi connectivity index (χ1v) is 6.51. The molecule has 7 heteroatoms. The van der Waals surface area contributed by atoms with E-state index in [0.29, 0.717) is 24.4 Å². The van der Waals surface area contributed by atoms with Gasteiger partial charge in [0.25, 0.3) is 0 Å². The van der Waals surface area contributed by atoms with Gasteiger partial charge >= 0.3 is 12.1 Å². The summed E-state index contributed by atoms with van der Waals surface area (Å²) in [6.07, 6.45) is 0.184. The van der Waals surface area contributed by atoms with Gasteiger partial charge in [-0.2, -0.15) is 0 Å². The van der Waals surface area contributed by atoms with Crippen LogP contribution in [0.2, 0.25) is 5.02 Å². The number of halogens is 1. The third-order valence-electron chi connectivity index (χ3n) is 2.60. The SMILES string of the molecule is N[C@H](CCCNC(=O)OCc1ccccc1Cl)C(=O)O. The van der Waals surface area contributed by atoms with Gasteiger partial charge in [0.05, 0.1) is 0 Å². The molecule has 0 aliphatic rings. The summed E-state index contributed by atoms with van der Waals surface area (Å²) >= 11 is 5.92. The Morgan fingerprint density at radius 3 is 2.75 bits per heavy atom. The van der Waals surface area contributed by atoms with Crippen LogP contribution in [0, 0.1) is 0 Å². The molecule has 1 aromatic carbocycles. The van der Waals surface area contributed by atoms with Crippen LogP contribution in [-0.4, -0.2) is 29.8 Å². The van der Waals surface area contributed by atoms with Crippen molar-refractivity contribution in [3.63, 3.8) is 0 Å². The number of hydrogen-bond acceptors (Lipinski definition) is 4. The maximum absolute atomic E-state index is 11.4. The van der Waals surface area contributed by atoms with Crippen LogP contribution >= 0.6 is 11.6 Å². The highest BCUT2D eigenvalue weighted by molar-refractivity contribution is 6.31. The highest BCUT2D eigenvalue weighted by Crippen LogP contribution is 2.15. The van der Waals surface area contributed by atoms with Gasteiger partial charge in [-0.3, -0.25) is 4.79 Å². The number of benzene rings is 1. The summed E-state index contributed by atoms with van der Waals surface area (Å²) in [5, 5.41) is 11.6. The third kappa shape index (κ3) is 5.90. The lowest BCUT2D eigenvalue weighted by molar-refractivity contribution is -0.138. The molecule has 1 aromatic rings. The van der Waals surface area contributed by atoms with Crippen LogP contribution in [0.15, 0.2) is 24.3 Å². The van der Waals surface area contributed by atoms with E-state index in [-0.39, 0.29) is 6.61 Å². The van der Waals surface area contributed by atoms with E-state index in [1.54, 1.807) is 24.3 Å². The van der Waals surface area contributed by atoms with Crippen LogP contribution in [0.5, 0.6) is 0 Å². The summed E-state index contributed by atoms with van der Waals surface area (Å²) in [7, 11) is 0. The molecule has 1 rings (SSSR count). The average molecular weight is 301 g/mol. The summed E-state index contributed by atoms with van der Waals surface area (Å²) in [5.74, 6) is -1.05. The van der Waals surface area contributed by atoms with Crippen LogP contribution in [0.25, 0.3) is 0 Å². The first-order chi connectivity index (χ1) is 9.50. The van der Waals surface area contributed by atoms with Crippen molar-refractivity contribution in [2.75, 3.05) is 6.54 Å². The zero-order valence-electron chi connectivity index (χ0n) is 10.8. The molecule has 1 amide bonds. The van der Waals surface area contributed by atoms with E-state index in [2.05, 4.69) is 5.32 Å². The summed E-state index contributed by atoms with van der Waals surface area (Å²) in [5.41, 5.74) is 6.05. The van der Waals surface area contributed by atoms with Gasteiger partial charge < -0.3 is 20.9 Å². The normalized spacial score (nSPS) is 11.7. The van der Waals surface area contributed by atoms with Crippen molar-refractivity contribution in [3.8, 4) is 0 Å². The van der Waals surface area contributed by atoms with Crippen LogP contribution < -0.4 is 11.1 Å². The lowest BCUT2D eigenvalue weighted by Gasteiger charge is -2.09. The first-order valence-electron chi connectivity index (χ1n) is 6.13. The number of carbonyl (C=O) groups is 2. The lowest BCUT2D eigenvalue weighted by Crippen LogP contribution is -2.32. The molecule has 0 bridgehead atoms. The highest BCUT2D eigenvalue weighted by Gasteiger charge is 2.11. The smallest absolute Gasteiger partial charge is 0.407 e. The summed E-state index contributed by atoms with van der Waals surface area (Å²) < 4.78 is 4.98. The van der Waals surface area contributed by atoms with E-state index in [1.165, 1.54) is 0 Å². The molecule has 0 saturated carbocycles. The van der Waals surface area contributed by atoms with E-state index in [1.807, 2.05) is 0 Å². The number of carboxylic acid groups (broad SMARTS) is 1. The molecule has 0 aromatic heterocycles. The molecule has 0 aliphatic heterocycles. The van der Waals surface area contributed by atoms with Crippen molar-refractivity contribution in [2.45, 2.75) is 25.5 Å². The van der Waals surface area contributed by atoms with Crippen LogP contribution in [0.4, 0.5) is 4.79 Å². The second kappa shape index (κ2) is 8.39. The van der Waals surface area contributed by atoms with Gasteiger partial charge in [-0.1, -0.05) is 29.8 Å². The molecule has 4 N–H and O–H groups in total. The fraction of sp³-hybridized carbons (Fsp3) is 0.385. The molecule has 0 saturated heterocycles. The predicted molar refractivity (Wildman–Crippen MR) is 74.5 cm³/mol. The van der Waals surface area contributed by atoms with Crippen molar-refractivity contribution in [1.29, 1.82) is 0 Å². The summed E-state index contributed by atoms with van der Waals surface area (Å²) in [4.78, 5) is 21.9. The molecule has 6 nitrogen and oxygen atoms in total. The Hall–Kier alpha value is -1.79. The quantitative estimate of drug-likeness (QED) is 0.666. The summed E-state index contributed by atoms with van der Waals surface area (Å²) in [6.45, 7) is 0.391. The Kier molecular flexibility index (Phi) is 6.83. The number of nitrogens with two attached hydrogens (primary N) is 1. The zero-order chi connectivity index (χ0) is 15.0. The van der Waals surface area contributed by atoms with E-state index in [9.17, 15) is 9.59 Å². The molecule has 0 spiro atoms. The van der Waals surface area contributed by atoms with Crippen molar-refractivity contribution in [3.05, 3.63) is 34.9 Å². The monoisotopic (exact) mass is 300 g/mol. The largest absolute Gasteiger partial charge is 0.480 e. The van der Waals surface area contributed by atoms with Crippen LogP contribution in [0.3, 0.4) is 0 Å². The predicted octanol–water partition coefficient (Wildman–Crippen LogP) is 1.76. The van der Waals surface area contributed by atoms with Gasteiger partial charge in [0.1, 0.15) is 12.6 Å². The number of nitrogens with one attached hydrogen (secondary N) is 1. The van der Waals surface area contributed by atoms with Gasteiger partial charge in [-0.15, -0.1) is 0 Å². The Morgan fingerprint density at radius 2 is 2.10 bits per heavy atom. The molecule has 0 unspecified atom stereocenters.